The maximum absolute atomic E-state index is 11.6. The lowest BCUT2D eigenvalue weighted by Crippen LogP contribution is -2.26. The molecule has 100 valence electrons. The average Bonchev–Trinajstić information content (AvgIpc) is 2.31. The molecule has 1 aromatic carbocycles. The van der Waals surface area contributed by atoms with Gasteiger partial charge in [0.25, 0.3) is 0 Å². The Morgan fingerprint density at radius 2 is 1.78 bits per heavy atom. The lowest BCUT2D eigenvalue weighted by molar-refractivity contribution is -0.151. The summed E-state index contributed by atoms with van der Waals surface area (Å²) in [4.78, 5) is 11.6. The van der Waals surface area contributed by atoms with E-state index in [2.05, 4.69) is 13.8 Å². The molecule has 1 atom stereocenters. The van der Waals surface area contributed by atoms with Crippen LogP contribution in [0.5, 0.6) is 5.75 Å². The normalized spacial score (nSPS) is 12.3. The van der Waals surface area contributed by atoms with Crippen molar-refractivity contribution >= 4 is 5.97 Å². The monoisotopic (exact) mass is 250 g/mol. The largest absolute Gasteiger partial charge is 0.479 e. The SMILES string of the molecule is Cc1ccc(OC(C)C(=O)OCCC(C)C)cc1. The van der Waals surface area contributed by atoms with Crippen LogP contribution in [0, 0.1) is 12.8 Å². The molecule has 3 nitrogen and oxygen atoms in total. The molecule has 0 aliphatic heterocycles. The molecule has 18 heavy (non-hydrogen) atoms. The topological polar surface area (TPSA) is 35.5 Å². The number of hydrogen-bond acceptors (Lipinski definition) is 3. The molecule has 1 unspecified atom stereocenters. The summed E-state index contributed by atoms with van der Waals surface area (Å²) in [5, 5.41) is 0. The van der Waals surface area contributed by atoms with Crippen molar-refractivity contribution in [2.24, 2.45) is 5.92 Å². The van der Waals surface area contributed by atoms with Gasteiger partial charge in [-0.15, -0.1) is 0 Å². The van der Waals surface area contributed by atoms with Crippen molar-refractivity contribution in [2.75, 3.05) is 6.61 Å². The van der Waals surface area contributed by atoms with Gasteiger partial charge in [-0.1, -0.05) is 31.5 Å². The standard InChI is InChI=1S/C15H22O3/c1-11(2)9-10-17-15(16)13(4)18-14-7-5-12(3)6-8-14/h5-8,11,13H,9-10H2,1-4H3. The van der Waals surface area contributed by atoms with E-state index in [0.29, 0.717) is 18.3 Å². The molecule has 0 saturated heterocycles. The van der Waals surface area contributed by atoms with E-state index in [0.717, 1.165) is 12.0 Å². The van der Waals surface area contributed by atoms with Gasteiger partial charge in [0.2, 0.25) is 0 Å². The highest BCUT2D eigenvalue weighted by Gasteiger charge is 2.16. The molecule has 0 spiro atoms. The van der Waals surface area contributed by atoms with Crippen molar-refractivity contribution in [1.82, 2.24) is 0 Å². The number of aryl methyl sites for hydroxylation is 1. The van der Waals surface area contributed by atoms with Gasteiger partial charge in [-0.05, 0) is 38.3 Å². The summed E-state index contributed by atoms with van der Waals surface area (Å²) in [5.74, 6) is 0.913. The Hall–Kier alpha value is -1.51. The number of carbonyl (C=O) groups is 1. The van der Waals surface area contributed by atoms with Gasteiger partial charge < -0.3 is 9.47 Å². The molecule has 0 saturated carbocycles. The highest BCUT2D eigenvalue weighted by atomic mass is 16.6. The Bertz CT molecular complexity index is 368. The zero-order chi connectivity index (χ0) is 13.5. The molecular weight excluding hydrogens is 228 g/mol. The molecule has 3 heteroatoms. The minimum Gasteiger partial charge on any atom is -0.479 e. The number of hydrogen-bond donors (Lipinski definition) is 0. The van der Waals surface area contributed by atoms with E-state index in [1.54, 1.807) is 6.92 Å². The maximum Gasteiger partial charge on any atom is 0.347 e. The molecule has 1 rings (SSSR count). The third kappa shape index (κ3) is 5.21. The highest BCUT2D eigenvalue weighted by molar-refractivity contribution is 5.74. The number of benzene rings is 1. The fraction of sp³-hybridized carbons (Fsp3) is 0.533. The molecule has 0 radical (unpaired) electrons. The minimum atomic E-state index is -0.570. The van der Waals surface area contributed by atoms with Gasteiger partial charge in [0.1, 0.15) is 5.75 Å². The second-order valence-electron chi connectivity index (χ2n) is 4.92. The number of rotatable bonds is 6. The van der Waals surface area contributed by atoms with Gasteiger partial charge in [-0.2, -0.15) is 0 Å². The van der Waals surface area contributed by atoms with Crippen molar-refractivity contribution < 1.29 is 14.3 Å². The van der Waals surface area contributed by atoms with E-state index >= 15 is 0 Å². The number of ether oxygens (including phenoxy) is 2. The predicted molar refractivity (Wildman–Crippen MR) is 71.7 cm³/mol. The summed E-state index contributed by atoms with van der Waals surface area (Å²) >= 11 is 0. The third-order valence-corrected chi connectivity index (χ3v) is 2.61. The lowest BCUT2D eigenvalue weighted by atomic mass is 10.1. The number of esters is 1. The van der Waals surface area contributed by atoms with Crippen molar-refractivity contribution in [1.29, 1.82) is 0 Å². The zero-order valence-electron chi connectivity index (χ0n) is 11.6. The summed E-state index contributed by atoms with van der Waals surface area (Å²) < 4.78 is 10.7. The zero-order valence-corrected chi connectivity index (χ0v) is 11.6. The van der Waals surface area contributed by atoms with Gasteiger partial charge >= 0.3 is 5.97 Å². The van der Waals surface area contributed by atoms with Crippen molar-refractivity contribution in [3.63, 3.8) is 0 Å². The van der Waals surface area contributed by atoms with Crippen molar-refractivity contribution in [3.05, 3.63) is 29.8 Å². The highest BCUT2D eigenvalue weighted by Crippen LogP contribution is 2.13. The molecule has 0 heterocycles. The molecule has 0 aliphatic carbocycles. The first-order valence-electron chi connectivity index (χ1n) is 6.39. The Labute approximate surface area is 109 Å². The smallest absolute Gasteiger partial charge is 0.347 e. The summed E-state index contributed by atoms with van der Waals surface area (Å²) in [6, 6.07) is 7.61. The van der Waals surface area contributed by atoms with Crippen LogP contribution in [0.1, 0.15) is 32.8 Å². The molecule has 0 N–H and O–H groups in total. The van der Waals surface area contributed by atoms with Crippen LogP contribution in [0.2, 0.25) is 0 Å². The lowest BCUT2D eigenvalue weighted by Gasteiger charge is -2.14. The van der Waals surface area contributed by atoms with Crippen LogP contribution in [-0.4, -0.2) is 18.7 Å². The Balaban J connectivity index is 2.37. The minimum absolute atomic E-state index is 0.309. The Kier molecular flexibility index (Phi) is 5.69. The van der Waals surface area contributed by atoms with Crippen molar-refractivity contribution in [2.45, 2.75) is 40.2 Å². The molecular formula is C15H22O3. The fourth-order valence-corrected chi connectivity index (χ4v) is 1.38. The third-order valence-electron chi connectivity index (χ3n) is 2.61. The first kappa shape index (κ1) is 14.6. The van der Waals surface area contributed by atoms with E-state index in [9.17, 15) is 4.79 Å². The second-order valence-corrected chi connectivity index (χ2v) is 4.92. The van der Waals surface area contributed by atoms with E-state index in [-0.39, 0.29) is 5.97 Å². The quantitative estimate of drug-likeness (QED) is 0.726. The van der Waals surface area contributed by atoms with Crippen LogP contribution in [0.25, 0.3) is 0 Å². The van der Waals surface area contributed by atoms with Gasteiger partial charge in [0, 0.05) is 0 Å². The van der Waals surface area contributed by atoms with Gasteiger partial charge in [0.05, 0.1) is 6.61 Å². The predicted octanol–water partition coefficient (Wildman–Crippen LogP) is 3.35. The number of carbonyl (C=O) groups excluding carboxylic acids is 1. The molecule has 0 bridgehead atoms. The van der Waals surface area contributed by atoms with Crippen LogP contribution in [0.3, 0.4) is 0 Å². The molecule has 0 amide bonds. The molecule has 1 aromatic rings. The van der Waals surface area contributed by atoms with E-state index < -0.39 is 6.10 Å². The molecule has 0 aliphatic rings. The summed E-state index contributed by atoms with van der Waals surface area (Å²) in [5.41, 5.74) is 1.16. The maximum atomic E-state index is 11.6. The van der Waals surface area contributed by atoms with Crippen LogP contribution in [-0.2, 0) is 9.53 Å². The Morgan fingerprint density at radius 1 is 1.17 bits per heavy atom. The molecule has 0 fully saturated rings. The summed E-state index contributed by atoms with van der Waals surface area (Å²) in [6.07, 6.45) is 0.308. The molecule has 0 aromatic heterocycles. The summed E-state index contributed by atoms with van der Waals surface area (Å²) in [6.45, 7) is 8.36. The first-order valence-corrected chi connectivity index (χ1v) is 6.39. The van der Waals surface area contributed by atoms with Crippen molar-refractivity contribution in [3.8, 4) is 5.75 Å². The second kappa shape index (κ2) is 7.04. The van der Waals surface area contributed by atoms with Gasteiger partial charge in [0.15, 0.2) is 6.10 Å². The van der Waals surface area contributed by atoms with Crippen LogP contribution in [0.4, 0.5) is 0 Å². The fourth-order valence-electron chi connectivity index (χ4n) is 1.38. The Morgan fingerprint density at radius 3 is 2.33 bits per heavy atom. The van der Waals surface area contributed by atoms with Gasteiger partial charge in [-0.25, -0.2) is 4.79 Å². The van der Waals surface area contributed by atoms with Crippen LogP contribution < -0.4 is 4.74 Å². The average molecular weight is 250 g/mol. The van der Waals surface area contributed by atoms with E-state index in [1.807, 2.05) is 31.2 Å². The first-order chi connectivity index (χ1) is 8.49. The van der Waals surface area contributed by atoms with Crippen LogP contribution in [0.15, 0.2) is 24.3 Å². The van der Waals surface area contributed by atoms with E-state index in [4.69, 9.17) is 9.47 Å². The summed E-state index contributed by atoms with van der Waals surface area (Å²) in [7, 11) is 0. The van der Waals surface area contributed by atoms with E-state index in [1.165, 1.54) is 0 Å². The van der Waals surface area contributed by atoms with Gasteiger partial charge in [-0.3, -0.25) is 0 Å². The van der Waals surface area contributed by atoms with Crippen LogP contribution >= 0.6 is 0 Å².